The molecule has 2 rings (SSSR count). The Morgan fingerprint density at radius 2 is 2.12 bits per heavy atom. The Labute approximate surface area is 156 Å². The second kappa shape index (κ2) is 8.02. The quantitative estimate of drug-likeness (QED) is 0.538. The SMILES string of the molecule is CC(O)CNc1ncc(C(=O)O)c(Nc2ccc(Br)cc2Cl)c1Cl. The molecule has 0 aliphatic rings. The first-order valence-electron chi connectivity index (χ1n) is 6.85. The molecule has 0 aliphatic heterocycles. The average molecular weight is 435 g/mol. The van der Waals surface area contributed by atoms with Gasteiger partial charge in [0.25, 0.3) is 0 Å². The van der Waals surface area contributed by atoms with Crippen molar-refractivity contribution >= 4 is 62.3 Å². The number of halogens is 3. The van der Waals surface area contributed by atoms with Crippen molar-refractivity contribution in [3.05, 3.63) is 44.5 Å². The van der Waals surface area contributed by atoms with E-state index in [1.54, 1.807) is 25.1 Å². The first kappa shape index (κ1) is 18.8. The second-order valence-electron chi connectivity index (χ2n) is 4.99. The molecular weight excluding hydrogens is 421 g/mol. The molecule has 6 nitrogen and oxygen atoms in total. The largest absolute Gasteiger partial charge is 0.478 e. The molecular formula is C15H14BrCl2N3O3. The van der Waals surface area contributed by atoms with Gasteiger partial charge in [0.2, 0.25) is 0 Å². The number of anilines is 3. The fourth-order valence-corrected chi connectivity index (χ4v) is 2.85. The summed E-state index contributed by atoms with van der Waals surface area (Å²) in [5, 5.41) is 25.0. The van der Waals surface area contributed by atoms with Crippen LogP contribution in [0.1, 0.15) is 17.3 Å². The van der Waals surface area contributed by atoms with E-state index in [9.17, 15) is 15.0 Å². The third-order valence-corrected chi connectivity index (χ3v) is 4.18. The van der Waals surface area contributed by atoms with Gasteiger partial charge < -0.3 is 20.8 Å². The number of carbonyl (C=O) groups is 1. The zero-order valence-electron chi connectivity index (χ0n) is 12.5. The lowest BCUT2D eigenvalue weighted by molar-refractivity contribution is 0.0697. The van der Waals surface area contributed by atoms with Crippen LogP contribution in [0.5, 0.6) is 0 Å². The van der Waals surface area contributed by atoms with Gasteiger partial charge in [-0.2, -0.15) is 0 Å². The molecule has 24 heavy (non-hydrogen) atoms. The highest BCUT2D eigenvalue weighted by Gasteiger charge is 2.19. The summed E-state index contributed by atoms with van der Waals surface area (Å²) in [6.45, 7) is 1.82. The summed E-state index contributed by atoms with van der Waals surface area (Å²) in [6, 6.07) is 5.13. The van der Waals surface area contributed by atoms with Gasteiger partial charge in [-0.05, 0) is 25.1 Å². The smallest absolute Gasteiger partial charge is 0.339 e. The number of pyridine rings is 1. The highest BCUT2D eigenvalue weighted by atomic mass is 79.9. The Kier molecular flexibility index (Phi) is 6.28. The van der Waals surface area contributed by atoms with Gasteiger partial charge in [0.15, 0.2) is 0 Å². The minimum Gasteiger partial charge on any atom is -0.478 e. The Balaban J connectivity index is 2.44. The van der Waals surface area contributed by atoms with E-state index < -0.39 is 12.1 Å². The van der Waals surface area contributed by atoms with E-state index in [2.05, 4.69) is 31.5 Å². The van der Waals surface area contributed by atoms with Crippen molar-refractivity contribution in [1.82, 2.24) is 4.98 Å². The minimum absolute atomic E-state index is 0.0922. The summed E-state index contributed by atoms with van der Waals surface area (Å²) >= 11 is 15.8. The first-order chi connectivity index (χ1) is 11.3. The lowest BCUT2D eigenvalue weighted by atomic mass is 10.2. The number of aliphatic hydroxyl groups is 1. The number of nitrogens with zero attached hydrogens (tertiary/aromatic N) is 1. The molecule has 128 valence electrons. The molecule has 0 radical (unpaired) electrons. The third-order valence-electron chi connectivity index (χ3n) is 3.01. The molecule has 4 N–H and O–H groups in total. The monoisotopic (exact) mass is 433 g/mol. The molecule has 1 aromatic heterocycles. The van der Waals surface area contributed by atoms with Crippen molar-refractivity contribution in [2.75, 3.05) is 17.2 Å². The Morgan fingerprint density at radius 3 is 2.71 bits per heavy atom. The van der Waals surface area contributed by atoms with Gasteiger partial charge in [-0.3, -0.25) is 0 Å². The van der Waals surface area contributed by atoms with Crippen LogP contribution in [0.25, 0.3) is 0 Å². The zero-order chi connectivity index (χ0) is 17.9. The Morgan fingerprint density at radius 1 is 1.42 bits per heavy atom. The number of aromatic nitrogens is 1. The van der Waals surface area contributed by atoms with Crippen LogP contribution >= 0.6 is 39.1 Å². The minimum atomic E-state index is -1.18. The van der Waals surface area contributed by atoms with Gasteiger partial charge in [0.1, 0.15) is 16.4 Å². The molecule has 1 unspecified atom stereocenters. The number of rotatable bonds is 6. The summed E-state index contributed by atoms with van der Waals surface area (Å²) in [7, 11) is 0. The van der Waals surface area contributed by atoms with Crippen molar-refractivity contribution in [1.29, 1.82) is 0 Å². The van der Waals surface area contributed by atoms with Gasteiger partial charge in [-0.15, -0.1) is 0 Å². The predicted octanol–water partition coefficient (Wildman–Crippen LogP) is 4.39. The molecule has 1 heterocycles. The van der Waals surface area contributed by atoms with E-state index in [1.165, 1.54) is 6.20 Å². The molecule has 0 spiro atoms. The predicted molar refractivity (Wildman–Crippen MR) is 98.8 cm³/mol. The molecule has 0 bridgehead atoms. The normalized spacial score (nSPS) is 11.9. The number of hydrogen-bond donors (Lipinski definition) is 4. The van der Waals surface area contributed by atoms with Crippen LogP contribution in [0.3, 0.4) is 0 Å². The number of carboxylic acid groups (broad SMARTS) is 1. The summed E-state index contributed by atoms with van der Waals surface area (Å²) < 4.78 is 0.789. The van der Waals surface area contributed by atoms with Gasteiger partial charge >= 0.3 is 5.97 Å². The maximum Gasteiger partial charge on any atom is 0.339 e. The number of aliphatic hydroxyl groups excluding tert-OH is 1. The maximum atomic E-state index is 11.4. The number of aromatic carboxylic acids is 1. The van der Waals surface area contributed by atoms with E-state index in [0.29, 0.717) is 10.7 Å². The number of benzene rings is 1. The highest BCUT2D eigenvalue weighted by molar-refractivity contribution is 9.10. The van der Waals surface area contributed by atoms with E-state index in [-0.39, 0.29) is 28.6 Å². The molecule has 0 aliphatic carbocycles. The number of carboxylic acids is 1. The fraction of sp³-hybridized carbons (Fsp3) is 0.200. The van der Waals surface area contributed by atoms with Gasteiger partial charge in [0.05, 0.1) is 22.5 Å². The molecule has 0 saturated carbocycles. The Bertz CT molecular complexity index is 772. The van der Waals surface area contributed by atoms with Crippen LogP contribution in [0, 0.1) is 0 Å². The van der Waals surface area contributed by atoms with Crippen LogP contribution < -0.4 is 10.6 Å². The van der Waals surface area contributed by atoms with Crippen LogP contribution in [0.2, 0.25) is 10.0 Å². The van der Waals surface area contributed by atoms with Gasteiger partial charge in [0, 0.05) is 17.2 Å². The van der Waals surface area contributed by atoms with Crippen molar-refractivity contribution in [2.45, 2.75) is 13.0 Å². The molecule has 0 saturated heterocycles. The van der Waals surface area contributed by atoms with E-state index in [0.717, 1.165) is 4.47 Å². The van der Waals surface area contributed by atoms with E-state index in [4.69, 9.17) is 23.2 Å². The molecule has 1 atom stereocenters. The zero-order valence-corrected chi connectivity index (χ0v) is 15.6. The standard InChI is InChI=1S/C15H14BrCl2N3O3/c1-7(22)5-19-14-12(18)13(9(6-20-14)15(23)24)21-11-3-2-8(16)4-10(11)17/h2-4,6-7,22H,5H2,1H3,(H,23,24)(H2,19,20,21). The molecule has 2 aromatic rings. The van der Waals surface area contributed by atoms with Crippen molar-refractivity contribution in [3.8, 4) is 0 Å². The lowest BCUT2D eigenvalue weighted by Crippen LogP contribution is -2.17. The summed E-state index contributed by atoms with van der Waals surface area (Å²) in [5.41, 5.74) is 0.565. The molecule has 0 amide bonds. The lowest BCUT2D eigenvalue weighted by Gasteiger charge is -2.16. The van der Waals surface area contributed by atoms with Crippen molar-refractivity contribution in [2.24, 2.45) is 0 Å². The Hall–Kier alpha value is -1.54. The van der Waals surface area contributed by atoms with Crippen LogP contribution in [0.4, 0.5) is 17.2 Å². The molecule has 0 fully saturated rings. The van der Waals surface area contributed by atoms with E-state index in [1.807, 2.05) is 0 Å². The summed E-state index contributed by atoms with van der Waals surface area (Å²) in [6.07, 6.45) is 0.576. The first-order valence-corrected chi connectivity index (χ1v) is 8.40. The maximum absolute atomic E-state index is 11.4. The summed E-state index contributed by atoms with van der Waals surface area (Å²) in [5.74, 6) is -0.916. The summed E-state index contributed by atoms with van der Waals surface area (Å²) in [4.78, 5) is 15.4. The fourth-order valence-electron chi connectivity index (χ4n) is 1.86. The van der Waals surface area contributed by atoms with Gasteiger partial charge in [-0.1, -0.05) is 39.1 Å². The van der Waals surface area contributed by atoms with E-state index >= 15 is 0 Å². The van der Waals surface area contributed by atoms with Crippen LogP contribution in [-0.2, 0) is 0 Å². The molecule has 9 heteroatoms. The highest BCUT2D eigenvalue weighted by Crippen LogP contribution is 2.36. The number of nitrogens with one attached hydrogen (secondary N) is 2. The molecule has 1 aromatic carbocycles. The average Bonchev–Trinajstić information content (AvgIpc) is 2.49. The van der Waals surface area contributed by atoms with Crippen LogP contribution in [0.15, 0.2) is 28.9 Å². The van der Waals surface area contributed by atoms with Crippen molar-refractivity contribution < 1.29 is 15.0 Å². The topological polar surface area (TPSA) is 94.5 Å². The van der Waals surface area contributed by atoms with Gasteiger partial charge in [-0.25, -0.2) is 9.78 Å². The second-order valence-corrected chi connectivity index (χ2v) is 6.69. The third kappa shape index (κ3) is 4.51. The number of hydrogen-bond acceptors (Lipinski definition) is 5. The van der Waals surface area contributed by atoms with Crippen LogP contribution in [-0.4, -0.2) is 33.8 Å². The van der Waals surface area contributed by atoms with Crippen molar-refractivity contribution in [3.63, 3.8) is 0 Å².